The summed E-state index contributed by atoms with van der Waals surface area (Å²) in [6.07, 6.45) is 0. The van der Waals surface area contributed by atoms with Gasteiger partial charge in [0.05, 0.1) is 11.5 Å². The molecule has 24 heavy (non-hydrogen) atoms. The number of carbonyl (C=O) groups is 1. The second-order valence-corrected chi connectivity index (χ2v) is 7.20. The van der Waals surface area contributed by atoms with Crippen LogP contribution in [0.4, 0.5) is 0 Å². The molecule has 0 fully saturated rings. The fraction of sp³-hybridized carbons (Fsp3) is 0.278. The number of ketones is 1. The molecule has 0 atom stereocenters. The number of carbonyl (C=O) groups excluding carboxylic acids is 1. The van der Waals surface area contributed by atoms with Crippen LogP contribution in [-0.2, 0) is 16.6 Å². The maximum atomic E-state index is 12.3. The summed E-state index contributed by atoms with van der Waals surface area (Å²) < 4.78 is 32.7. The molecule has 0 radical (unpaired) electrons. The molecule has 0 aliphatic carbocycles. The minimum Gasteiger partial charge on any atom is -0.494 e. The van der Waals surface area contributed by atoms with Crippen LogP contribution in [0.3, 0.4) is 0 Å². The van der Waals surface area contributed by atoms with Gasteiger partial charge in [-0.25, -0.2) is 13.1 Å². The Morgan fingerprint density at radius 2 is 1.79 bits per heavy atom. The highest BCUT2D eigenvalue weighted by atomic mass is 32.2. The topological polar surface area (TPSA) is 72.5 Å². The zero-order valence-corrected chi connectivity index (χ0v) is 14.8. The van der Waals surface area contributed by atoms with Crippen molar-refractivity contribution in [3.05, 3.63) is 59.2 Å². The number of aryl methyl sites for hydroxylation is 1. The quantitative estimate of drug-likeness (QED) is 0.781. The number of hydrogen-bond donors (Lipinski definition) is 1. The summed E-state index contributed by atoms with van der Waals surface area (Å²) >= 11 is 0. The fourth-order valence-corrected chi connectivity index (χ4v) is 3.29. The van der Waals surface area contributed by atoms with Crippen LogP contribution in [0.1, 0.15) is 35.3 Å². The fourth-order valence-electron chi connectivity index (χ4n) is 2.27. The number of benzene rings is 2. The van der Waals surface area contributed by atoms with Gasteiger partial charge in [0.15, 0.2) is 5.78 Å². The van der Waals surface area contributed by atoms with E-state index >= 15 is 0 Å². The van der Waals surface area contributed by atoms with Crippen LogP contribution < -0.4 is 9.46 Å². The van der Waals surface area contributed by atoms with E-state index in [0.717, 1.165) is 16.9 Å². The number of nitrogens with one attached hydrogen (secondary N) is 1. The molecule has 0 unspecified atom stereocenters. The zero-order chi connectivity index (χ0) is 17.7. The number of hydrogen-bond acceptors (Lipinski definition) is 4. The van der Waals surface area contributed by atoms with Gasteiger partial charge >= 0.3 is 0 Å². The van der Waals surface area contributed by atoms with Crippen molar-refractivity contribution in [3.63, 3.8) is 0 Å². The number of Topliss-reactive ketones (excluding diaryl/α,β-unsaturated/α-hetero) is 1. The third-order valence-corrected chi connectivity index (χ3v) is 4.99. The third kappa shape index (κ3) is 4.43. The van der Waals surface area contributed by atoms with Crippen LogP contribution in [0, 0.1) is 6.92 Å². The number of sulfonamides is 1. The molecule has 2 aromatic carbocycles. The Morgan fingerprint density at radius 1 is 1.12 bits per heavy atom. The van der Waals surface area contributed by atoms with Gasteiger partial charge < -0.3 is 4.74 Å². The van der Waals surface area contributed by atoms with Crippen molar-refractivity contribution in [1.82, 2.24) is 4.72 Å². The highest BCUT2D eigenvalue weighted by Gasteiger charge is 2.14. The third-order valence-electron chi connectivity index (χ3n) is 3.58. The monoisotopic (exact) mass is 347 g/mol. The Kier molecular flexibility index (Phi) is 5.75. The lowest BCUT2D eigenvalue weighted by Crippen LogP contribution is -2.23. The van der Waals surface area contributed by atoms with Gasteiger partial charge in [0.2, 0.25) is 10.0 Å². The average Bonchev–Trinajstić information content (AvgIpc) is 2.55. The molecular formula is C18H21NO4S. The highest BCUT2D eigenvalue weighted by molar-refractivity contribution is 7.89. The molecular weight excluding hydrogens is 326 g/mol. The van der Waals surface area contributed by atoms with E-state index in [1.165, 1.54) is 31.2 Å². The summed E-state index contributed by atoms with van der Waals surface area (Å²) in [7, 11) is -3.63. The molecule has 1 N–H and O–H groups in total. The van der Waals surface area contributed by atoms with Gasteiger partial charge in [-0.15, -0.1) is 0 Å². The lowest BCUT2D eigenvalue weighted by molar-refractivity contribution is 0.101. The van der Waals surface area contributed by atoms with E-state index in [2.05, 4.69) is 4.72 Å². The summed E-state index contributed by atoms with van der Waals surface area (Å²) in [5, 5.41) is 0. The van der Waals surface area contributed by atoms with Crippen molar-refractivity contribution >= 4 is 15.8 Å². The number of ether oxygens (including phenoxy) is 1. The van der Waals surface area contributed by atoms with Crippen molar-refractivity contribution < 1.29 is 17.9 Å². The maximum absolute atomic E-state index is 12.3. The zero-order valence-electron chi connectivity index (χ0n) is 14.0. The van der Waals surface area contributed by atoms with Gasteiger partial charge in [-0.1, -0.05) is 24.3 Å². The molecule has 0 amide bonds. The van der Waals surface area contributed by atoms with E-state index in [0.29, 0.717) is 12.2 Å². The van der Waals surface area contributed by atoms with Crippen LogP contribution in [0.25, 0.3) is 0 Å². The van der Waals surface area contributed by atoms with E-state index < -0.39 is 10.0 Å². The van der Waals surface area contributed by atoms with Gasteiger partial charge in [0, 0.05) is 12.1 Å². The van der Waals surface area contributed by atoms with Crippen LogP contribution in [0.5, 0.6) is 5.75 Å². The normalized spacial score (nSPS) is 11.3. The molecule has 128 valence electrons. The van der Waals surface area contributed by atoms with E-state index in [1.807, 2.05) is 32.0 Å². The van der Waals surface area contributed by atoms with E-state index in [1.54, 1.807) is 0 Å². The first kappa shape index (κ1) is 18.2. The Morgan fingerprint density at radius 3 is 2.33 bits per heavy atom. The Labute approximate surface area is 142 Å². The molecule has 0 bridgehead atoms. The second kappa shape index (κ2) is 7.59. The minimum absolute atomic E-state index is 0.100. The lowest BCUT2D eigenvalue weighted by Gasteiger charge is -2.10. The highest BCUT2D eigenvalue weighted by Crippen LogP contribution is 2.19. The van der Waals surface area contributed by atoms with E-state index in [9.17, 15) is 13.2 Å². The van der Waals surface area contributed by atoms with Crippen molar-refractivity contribution in [1.29, 1.82) is 0 Å². The molecule has 6 heteroatoms. The van der Waals surface area contributed by atoms with E-state index in [4.69, 9.17) is 4.74 Å². The standard InChI is InChI=1S/C18H21NO4S/c1-4-23-18-10-5-15(11-13(18)2)12-19-24(21,22)17-8-6-16(7-9-17)14(3)20/h5-11,19H,4,12H2,1-3H3. The summed E-state index contributed by atoms with van der Waals surface area (Å²) in [5.41, 5.74) is 2.29. The predicted molar refractivity (Wildman–Crippen MR) is 92.8 cm³/mol. The first-order valence-corrected chi connectivity index (χ1v) is 9.15. The Hall–Kier alpha value is -2.18. The Bertz CT molecular complexity index is 827. The number of rotatable bonds is 7. The average molecular weight is 347 g/mol. The summed E-state index contributed by atoms with van der Waals surface area (Å²) in [5.74, 6) is 0.695. The van der Waals surface area contributed by atoms with Gasteiger partial charge in [-0.05, 0) is 50.1 Å². The molecule has 0 spiro atoms. The van der Waals surface area contributed by atoms with Gasteiger partial charge in [0.1, 0.15) is 5.75 Å². The van der Waals surface area contributed by atoms with Gasteiger partial charge in [0.25, 0.3) is 0 Å². The summed E-state index contributed by atoms with van der Waals surface area (Å²) in [6, 6.07) is 11.5. The van der Waals surface area contributed by atoms with Crippen molar-refractivity contribution in [3.8, 4) is 5.75 Å². The minimum atomic E-state index is -3.63. The summed E-state index contributed by atoms with van der Waals surface area (Å²) in [4.78, 5) is 11.4. The molecule has 0 saturated heterocycles. The van der Waals surface area contributed by atoms with Crippen molar-refractivity contribution in [2.45, 2.75) is 32.2 Å². The van der Waals surface area contributed by atoms with E-state index in [-0.39, 0.29) is 17.2 Å². The molecule has 0 aromatic heterocycles. The Balaban J connectivity index is 2.09. The SMILES string of the molecule is CCOc1ccc(CNS(=O)(=O)c2ccc(C(C)=O)cc2)cc1C. The van der Waals surface area contributed by atoms with Crippen LogP contribution in [0.2, 0.25) is 0 Å². The smallest absolute Gasteiger partial charge is 0.240 e. The molecule has 0 aliphatic rings. The van der Waals surface area contributed by atoms with Gasteiger partial charge in [-0.2, -0.15) is 0 Å². The molecule has 0 heterocycles. The van der Waals surface area contributed by atoms with Crippen LogP contribution in [-0.4, -0.2) is 20.8 Å². The first-order valence-electron chi connectivity index (χ1n) is 7.66. The molecule has 2 rings (SSSR count). The van der Waals surface area contributed by atoms with Crippen molar-refractivity contribution in [2.24, 2.45) is 0 Å². The predicted octanol–water partition coefficient (Wildman–Crippen LogP) is 3.07. The largest absolute Gasteiger partial charge is 0.494 e. The van der Waals surface area contributed by atoms with Crippen molar-refractivity contribution in [2.75, 3.05) is 6.61 Å². The molecule has 2 aromatic rings. The molecule has 5 nitrogen and oxygen atoms in total. The lowest BCUT2D eigenvalue weighted by atomic mass is 10.1. The van der Waals surface area contributed by atoms with Gasteiger partial charge in [-0.3, -0.25) is 4.79 Å². The van der Waals surface area contributed by atoms with Crippen LogP contribution in [0.15, 0.2) is 47.4 Å². The second-order valence-electron chi connectivity index (χ2n) is 5.44. The molecule has 0 saturated carbocycles. The summed E-state index contributed by atoms with van der Waals surface area (Å²) in [6.45, 7) is 6.05. The first-order chi connectivity index (χ1) is 11.3. The van der Waals surface area contributed by atoms with Crippen LogP contribution >= 0.6 is 0 Å². The maximum Gasteiger partial charge on any atom is 0.240 e. The molecule has 0 aliphatic heterocycles.